The first-order valence-corrected chi connectivity index (χ1v) is 10.3. The van der Waals surface area contributed by atoms with Crippen LogP contribution in [0.1, 0.15) is 23.1 Å². The molecule has 1 saturated heterocycles. The van der Waals surface area contributed by atoms with Crippen LogP contribution < -0.4 is 0 Å². The number of hydrogen-bond acceptors (Lipinski definition) is 4. The van der Waals surface area contributed by atoms with Crippen molar-refractivity contribution in [2.24, 2.45) is 0 Å². The fraction of sp³-hybridized carbons (Fsp3) is 0.227. The number of amides is 2. The Morgan fingerprint density at radius 2 is 1.82 bits per heavy atom. The molecule has 0 N–H and O–H groups in total. The molecule has 0 spiro atoms. The third kappa shape index (κ3) is 5.09. The fourth-order valence-electron chi connectivity index (χ4n) is 2.85. The number of carbonyl (C=O) groups is 2. The zero-order chi connectivity index (χ0) is 20.1. The van der Waals surface area contributed by atoms with Crippen LogP contribution in [0.2, 0.25) is 0 Å². The van der Waals surface area contributed by atoms with Gasteiger partial charge in [-0.3, -0.25) is 14.5 Å². The minimum Gasteiger partial charge on any atom is -0.341 e. The van der Waals surface area contributed by atoms with Gasteiger partial charge in [-0.1, -0.05) is 84.1 Å². The Kier molecular flexibility index (Phi) is 6.65. The molecule has 2 amide bonds. The largest absolute Gasteiger partial charge is 0.341 e. The average Bonchev–Trinajstić information content (AvgIpc) is 2.95. The third-order valence-corrected chi connectivity index (χ3v) is 5.86. The standard InChI is InChI=1S/C22H22N2O2S2/c1-16-8-10-17(11-9-16)14-19-21(26)24(22(27)28-19)13-12-20(25)23(2)15-18-6-4-3-5-7-18/h3-11,14H,12-13,15H2,1-2H3/b19-14+. The van der Waals surface area contributed by atoms with Crippen molar-refractivity contribution in [1.82, 2.24) is 9.80 Å². The number of carbonyl (C=O) groups excluding carboxylic acids is 2. The number of thioether (sulfide) groups is 1. The minimum atomic E-state index is -0.130. The van der Waals surface area contributed by atoms with Gasteiger partial charge < -0.3 is 4.90 Å². The van der Waals surface area contributed by atoms with Crippen molar-refractivity contribution in [1.29, 1.82) is 0 Å². The monoisotopic (exact) mass is 410 g/mol. The normalized spacial score (nSPS) is 15.4. The van der Waals surface area contributed by atoms with Gasteiger partial charge >= 0.3 is 0 Å². The molecule has 0 saturated carbocycles. The lowest BCUT2D eigenvalue weighted by molar-refractivity contribution is -0.131. The molecule has 6 heteroatoms. The Morgan fingerprint density at radius 3 is 2.50 bits per heavy atom. The van der Waals surface area contributed by atoms with Crippen molar-refractivity contribution >= 4 is 46.2 Å². The molecule has 1 heterocycles. The lowest BCUT2D eigenvalue weighted by Gasteiger charge is -2.19. The molecular weight excluding hydrogens is 388 g/mol. The highest BCUT2D eigenvalue weighted by Crippen LogP contribution is 2.32. The molecule has 1 aliphatic heterocycles. The second kappa shape index (κ2) is 9.17. The first kappa shape index (κ1) is 20.3. The molecule has 1 fully saturated rings. The first-order valence-electron chi connectivity index (χ1n) is 9.04. The van der Waals surface area contributed by atoms with E-state index in [0.717, 1.165) is 11.1 Å². The van der Waals surface area contributed by atoms with Gasteiger partial charge in [-0.25, -0.2) is 0 Å². The van der Waals surface area contributed by atoms with E-state index in [9.17, 15) is 9.59 Å². The summed E-state index contributed by atoms with van der Waals surface area (Å²) < 4.78 is 0.502. The Bertz CT molecular complexity index is 908. The van der Waals surface area contributed by atoms with Crippen molar-refractivity contribution in [3.63, 3.8) is 0 Å². The molecule has 0 atom stereocenters. The Labute approximate surface area is 175 Å². The van der Waals surface area contributed by atoms with E-state index < -0.39 is 0 Å². The zero-order valence-electron chi connectivity index (χ0n) is 15.9. The van der Waals surface area contributed by atoms with Gasteiger partial charge in [0.2, 0.25) is 5.91 Å². The Hall–Kier alpha value is -2.44. The lowest BCUT2D eigenvalue weighted by atomic mass is 10.1. The van der Waals surface area contributed by atoms with Gasteiger partial charge in [0, 0.05) is 26.6 Å². The van der Waals surface area contributed by atoms with E-state index in [1.54, 1.807) is 11.9 Å². The molecule has 0 aromatic heterocycles. The number of aryl methyl sites for hydroxylation is 1. The molecule has 28 heavy (non-hydrogen) atoms. The van der Waals surface area contributed by atoms with Crippen LogP contribution >= 0.6 is 24.0 Å². The molecule has 144 valence electrons. The summed E-state index contributed by atoms with van der Waals surface area (Å²) in [5.41, 5.74) is 3.21. The third-order valence-electron chi connectivity index (χ3n) is 4.49. The lowest BCUT2D eigenvalue weighted by Crippen LogP contribution is -2.34. The van der Waals surface area contributed by atoms with E-state index >= 15 is 0 Å². The number of rotatable bonds is 6. The van der Waals surface area contributed by atoms with Gasteiger partial charge in [-0.2, -0.15) is 0 Å². The van der Waals surface area contributed by atoms with Gasteiger partial charge in [-0.15, -0.1) is 0 Å². The van der Waals surface area contributed by atoms with Gasteiger partial charge in [0.15, 0.2) is 0 Å². The topological polar surface area (TPSA) is 40.6 Å². The van der Waals surface area contributed by atoms with Gasteiger partial charge in [0.1, 0.15) is 4.32 Å². The van der Waals surface area contributed by atoms with E-state index in [0.29, 0.717) is 22.3 Å². The number of hydrogen-bond donors (Lipinski definition) is 0. The summed E-state index contributed by atoms with van der Waals surface area (Å²) in [5, 5.41) is 0. The van der Waals surface area contributed by atoms with Crippen molar-refractivity contribution in [3.8, 4) is 0 Å². The second-order valence-corrected chi connectivity index (χ2v) is 8.41. The van der Waals surface area contributed by atoms with Crippen molar-refractivity contribution in [2.75, 3.05) is 13.6 Å². The maximum absolute atomic E-state index is 12.7. The predicted molar refractivity (Wildman–Crippen MR) is 119 cm³/mol. The highest BCUT2D eigenvalue weighted by molar-refractivity contribution is 8.26. The van der Waals surface area contributed by atoms with Gasteiger partial charge in [0.25, 0.3) is 5.91 Å². The molecule has 2 aromatic rings. The van der Waals surface area contributed by atoms with E-state index in [1.807, 2.05) is 67.6 Å². The summed E-state index contributed by atoms with van der Waals surface area (Å²) in [6, 6.07) is 17.8. The molecular formula is C22H22N2O2S2. The van der Waals surface area contributed by atoms with Crippen LogP contribution in [0, 0.1) is 6.92 Å². The molecule has 0 unspecified atom stereocenters. The Balaban J connectivity index is 1.58. The molecule has 0 radical (unpaired) electrons. The SMILES string of the molecule is Cc1ccc(/C=C2/SC(=S)N(CCC(=O)N(C)Cc3ccccc3)C2=O)cc1. The molecule has 1 aliphatic rings. The van der Waals surface area contributed by atoms with Gasteiger partial charge in [0.05, 0.1) is 4.91 Å². The van der Waals surface area contributed by atoms with Crippen LogP contribution in [0.3, 0.4) is 0 Å². The maximum Gasteiger partial charge on any atom is 0.266 e. The maximum atomic E-state index is 12.7. The van der Waals surface area contributed by atoms with Crippen LogP contribution in [0.4, 0.5) is 0 Å². The predicted octanol–water partition coefficient (Wildman–Crippen LogP) is 4.24. The van der Waals surface area contributed by atoms with E-state index in [-0.39, 0.29) is 18.2 Å². The van der Waals surface area contributed by atoms with Crippen molar-refractivity contribution in [2.45, 2.75) is 19.9 Å². The summed E-state index contributed by atoms with van der Waals surface area (Å²) in [5.74, 6) is -0.144. The van der Waals surface area contributed by atoms with E-state index in [1.165, 1.54) is 22.2 Å². The minimum absolute atomic E-state index is 0.0135. The van der Waals surface area contributed by atoms with E-state index in [2.05, 4.69) is 0 Å². The van der Waals surface area contributed by atoms with Crippen molar-refractivity contribution < 1.29 is 9.59 Å². The summed E-state index contributed by atoms with van der Waals surface area (Å²) >= 11 is 6.64. The second-order valence-electron chi connectivity index (χ2n) is 6.73. The average molecular weight is 411 g/mol. The quantitative estimate of drug-likeness (QED) is 0.527. The smallest absolute Gasteiger partial charge is 0.266 e. The fourth-order valence-corrected chi connectivity index (χ4v) is 4.16. The summed E-state index contributed by atoms with van der Waals surface area (Å²) in [6.07, 6.45) is 2.09. The Morgan fingerprint density at radius 1 is 1.14 bits per heavy atom. The zero-order valence-corrected chi connectivity index (χ0v) is 17.6. The first-order chi connectivity index (χ1) is 13.4. The van der Waals surface area contributed by atoms with Crippen LogP contribution in [0.25, 0.3) is 6.08 Å². The number of nitrogens with zero attached hydrogens (tertiary/aromatic N) is 2. The molecule has 0 aliphatic carbocycles. The van der Waals surface area contributed by atoms with Crippen LogP contribution in [0.5, 0.6) is 0 Å². The molecule has 3 rings (SSSR count). The van der Waals surface area contributed by atoms with Gasteiger partial charge in [-0.05, 0) is 24.1 Å². The van der Waals surface area contributed by atoms with Crippen LogP contribution in [-0.2, 0) is 16.1 Å². The summed E-state index contributed by atoms with van der Waals surface area (Å²) in [6.45, 7) is 2.87. The number of thiocarbonyl (C=S) groups is 1. The highest BCUT2D eigenvalue weighted by atomic mass is 32.2. The molecule has 2 aromatic carbocycles. The molecule has 0 bridgehead atoms. The highest BCUT2D eigenvalue weighted by Gasteiger charge is 2.32. The number of benzene rings is 2. The summed E-state index contributed by atoms with van der Waals surface area (Å²) in [4.78, 5) is 28.9. The summed E-state index contributed by atoms with van der Waals surface area (Å²) in [7, 11) is 1.77. The van der Waals surface area contributed by atoms with Crippen LogP contribution in [0.15, 0.2) is 59.5 Å². The van der Waals surface area contributed by atoms with E-state index in [4.69, 9.17) is 12.2 Å². The molecule has 4 nitrogen and oxygen atoms in total. The van der Waals surface area contributed by atoms with Crippen LogP contribution in [-0.4, -0.2) is 39.5 Å². The van der Waals surface area contributed by atoms with Crippen molar-refractivity contribution in [3.05, 3.63) is 76.2 Å².